The first-order valence-corrected chi connectivity index (χ1v) is 16.9. The van der Waals surface area contributed by atoms with Crippen molar-refractivity contribution in [2.45, 2.75) is 0 Å². The summed E-state index contributed by atoms with van der Waals surface area (Å²) in [7, 11) is -3.06. The lowest BCUT2D eigenvalue weighted by atomic mass is 10.0. The second-order valence-corrected chi connectivity index (χ2v) is 14.1. The van der Waals surface area contributed by atoms with Gasteiger partial charge in [0.1, 0.15) is 0 Å². The summed E-state index contributed by atoms with van der Waals surface area (Å²) >= 11 is 0. The average molecular weight is 596 g/mol. The Kier molecular flexibility index (Phi) is 6.78. The van der Waals surface area contributed by atoms with Crippen LogP contribution in [0.2, 0.25) is 0 Å². The molecule has 0 bridgehead atoms. The number of fused-ring (bicyclic) bond motifs is 3. The van der Waals surface area contributed by atoms with Crippen LogP contribution in [-0.4, -0.2) is 4.57 Å². The number of nitrogens with zero attached hydrogens (tertiary/aromatic N) is 1. The molecule has 0 radical (unpaired) electrons. The maximum absolute atomic E-state index is 15.0. The fraction of sp³-hybridized carbons (Fsp3) is 0. The van der Waals surface area contributed by atoms with E-state index in [2.05, 4.69) is 114 Å². The van der Waals surface area contributed by atoms with Crippen molar-refractivity contribution in [3.05, 3.63) is 182 Å². The molecule has 0 fully saturated rings. The molecule has 0 atom stereocenters. The lowest BCUT2D eigenvalue weighted by molar-refractivity contribution is 0.592. The van der Waals surface area contributed by atoms with Gasteiger partial charge in [-0.3, -0.25) is 0 Å². The van der Waals surface area contributed by atoms with Crippen LogP contribution in [0.3, 0.4) is 0 Å². The van der Waals surface area contributed by atoms with Crippen molar-refractivity contribution in [2.75, 3.05) is 0 Å². The first-order chi connectivity index (χ1) is 22.2. The molecular weight excluding hydrogens is 565 g/mol. The van der Waals surface area contributed by atoms with Crippen molar-refractivity contribution in [3.63, 3.8) is 0 Å². The van der Waals surface area contributed by atoms with Crippen molar-refractivity contribution in [3.8, 4) is 27.9 Å². The summed E-state index contributed by atoms with van der Waals surface area (Å²) < 4.78 is 17.3. The Bertz CT molecular complexity index is 2170. The molecule has 8 rings (SSSR count). The highest BCUT2D eigenvalue weighted by molar-refractivity contribution is 7.85. The zero-order valence-electron chi connectivity index (χ0n) is 24.6. The van der Waals surface area contributed by atoms with Gasteiger partial charge in [-0.25, -0.2) is 0 Å². The van der Waals surface area contributed by atoms with Crippen LogP contribution in [0.15, 0.2) is 182 Å². The minimum absolute atomic E-state index is 0.821. The Balaban J connectivity index is 1.32. The van der Waals surface area contributed by atoms with E-state index in [1.807, 2.05) is 72.8 Å². The molecule has 0 amide bonds. The molecule has 7 aromatic carbocycles. The van der Waals surface area contributed by atoms with Crippen LogP contribution < -0.4 is 15.9 Å². The maximum Gasteiger partial charge on any atom is 0.171 e. The van der Waals surface area contributed by atoms with Crippen molar-refractivity contribution in [1.82, 2.24) is 4.57 Å². The molecule has 0 saturated heterocycles. The van der Waals surface area contributed by atoms with Gasteiger partial charge in [0.25, 0.3) is 0 Å². The summed E-state index contributed by atoms with van der Waals surface area (Å²) in [6.07, 6.45) is 0. The zero-order chi connectivity index (χ0) is 30.2. The van der Waals surface area contributed by atoms with Crippen LogP contribution in [-0.2, 0) is 4.57 Å². The van der Waals surface area contributed by atoms with E-state index < -0.39 is 7.14 Å². The molecular formula is C42H30NOP. The van der Waals surface area contributed by atoms with Crippen molar-refractivity contribution >= 4 is 44.9 Å². The molecule has 1 aromatic heterocycles. The normalized spacial score (nSPS) is 11.6. The van der Waals surface area contributed by atoms with Crippen LogP contribution in [0.25, 0.3) is 49.7 Å². The molecule has 45 heavy (non-hydrogen) atoms. The maximum atomic E-state index is 15.0. The van der Waals surface area contributed by atoms with Gasteiger partial charge >= 0.3 is 0 Å². The molecule has 0 aliphatic carbocycles. The molecule has 3 heteroatoms. The number of hydrogen-bond acceptors (Lipinski definition) is 1. The average Bonchev–Trinajstić information content (AvgIpc) is 3.46. The van der Waals surface area contributed by atoms with Gasteiger partial charge < -0.3 is 9.13 Å². The van der Waals surface area contributed by atoms with Gasteiger partial charge in [-0.05, 0) is 70.8 Å². The number of rotatable bonds is 6. The summed E-state index contributed by atoms with van der Waals surface area (Å²) in [5.74, 6) is 0. The highest BCUT2D eigenvalue weighted by Gasteiger charge is 2.29. The molecule has 0 N–H and O–H groups in total. The lowest BCUT2D eigenvalue weighted by Gasteiger charge is -2.20. The lowest BCUT2D eigenvalue weighted by Crippen LogP contribution is -2.24. The van der Waals surface area contributed by atoms with Crippen LogP contribution in [0.1, 0.15) is 0 Å². The molecule has 0 aliphatic rings. The van der Waals surface area contributed by atoms with Crippen molar-refractivity contribution in [1.29, 1.82) is 0 Å². The van der Waals surface area contributed by atoms with Gasteiger partial charge in [-0.15, -0.1) is 0 Å². The minimum Gasteiger partial charge on any atom is -0.309 e. The highest BCUT2D eigenvalue weighted by Crippen LogP contribution is 2.43. The van der Waals surface area contributed by atoms with Gasteiger partial charge in [0, 0.05) is 32.4 Å². The molecule has 1 heterocycles. The Labute approximate surface area is 263 Å². The highest BCUT2D eigenvalue weighted by atomic mass is 31.2. The zero-order valence-corrected chi connectivity index (χ0v) is 25.5. The SMILES string of the molecule is O=P(c1ccccc1)(c1ccccc1)c1ccc(-n2c3ccc(-c4ccccc4)cc3c3cc(-c4ccccc4)ccc32)cc1. The summed E-state index contributed by atoms with van der Waals surface area (Å²) in [4.78, 5) is 0. The van der Waals surface area contributed by atoms with Crippen molar-refractivity contribution < 1.29 is 4.57 Å². The van der Waals surface area contributed by atoms with E-state index in [4.69, 9.17) is 0 Å². The van der Waals surface area contributed by atoms with Gasteiger partial charge in [0.15, 0.2) is 7.14 Å². The van der Waals surface area contributed by atoms with E-state index in [9.17, 15) is 4.57 Å². The Hall–Kier alpha value is -5.43. The topological polar surface area (TPSA) is 22.0 Å². The van der Waals surface area contributed by atoms with Crippen LogP contribution >= 0.6 is 7.14 Å². The first kappa shape index (κ1) is 27.1. The predicted molar refractivity (Wildman–Crippen MR) is 191 cm³/mol. The molecule has 0 unspecified atom stereocenters. The van der Waals surface area contributed by atoms with Gasteiger partial charge in [-0.2, -0.15) is 0 Å². The predicted octanol–water partition coefficient (Wildman–Crippen LogP) is 9.76. The fourth-order valence-corrected chi connectivity index (χ4v) is 9.10. The van der Waals surface area contributed by atoms with E-state index in [0.29, 0.717) is 0 Å². The summed E-state index contributed by atoms with van der Waals surface area (Å²) in [5.41, 5.74) is 8.08. The van der Waals surface area contributed by atoms with Crippen molar-refractivity contribution in [2.24, 2.45) is 0 Å². The van der Waals surface area contributed by atoms with E-state index in [1.165, 1.54) is 33.0 Å². The monoisotopic (exact) mass is 595 g/mol. The van der Waals surface area contributed by atoms with Crippen LogP contribution in [0.4, 0.5) is 0 Å². The second kappa shape index (κ2) is 11.2. The Morgan fingerprint density at radius 3 is 1.16 bits per heavy atom. The Morgan fingerprint density at radius 1 is 0.356 bits per heavy atom. The van der Waals surface area contributed by atoms with Crippen LogP contribution in [0.5, 0.6) is 0 Å². The number of hydrogen-bond donors (Lipinski definition) is 0. The van der Waals surface area contributed by atoms with E-state index in [-0.39, 0.29) is 0 Å². The van der Waals surface area contributed by atoms with Gasteiger partial charge in [-0.1, -0.05) is 133 Å². The van der Waals surface area contributed by atoms with Gasteiger partial charge in [0.05, 0.1) is 11.0 Å². The fourth-order valence-electron chi connectivity index (χ4n) is 6.46. The minimum atomic E-state index is -3.06. The molecule has 0 spiro atoms. The van der Waals surface area contributed by atoms with Gasteiger partial charge in [0.2, 0.25) is 0 Å². The quantitative estimate of drug-likeness (QED) is 0.175. The molecule has 0 saturated carbocycles. The molecule has 214 valence electrons. The van der Waals surface area contributed by atoms with E-state index >= 15 is 0 Å². The number of aromatic nitrogens is 1. The number of benzene rings is 7. The van der Waals surface area contributed by atoms with E-state index in [1.54, 1.807) is 0 Å². The second-order valence-electron chi connectivity index (χ2n) is 11.3. The molecule has 8 aromatic rings. The molecule has 2 nitrogen and oxygen atoms in total. The third-order valence-electron chi connectivity index (χ3n) is 8.69. The third kappa shape index (κ3) is 4.72. The third-order valence-corrected chi connectivity index (χ3v) is 11.8. The van der Waals surface area contributed by atoms with E-state index in [0.717, 1.165) is 32.6 Å². The van der Waals surface area contributed by atoms with Crippen LogP contribution in [0, 0.1) is 0 Å². The summed E-state index contributed by atoms with van der Waals surface area (Å²) in [6, 6.07) is 62.6. The molecule has 0 aliphatic heterocycles. The Morgan fingerprint density at radius 2 is 0.733 bits per heavy atom. The summed E-state index contributed by atoms with van der Waals surface area (Å²) in [5, 5.41) is 4.90. The summed E-state index contributed by atoms with van der Waals surface area (Å²) in [6.45, 7) is 0. The first-order valence-electron chi connectivity index (χ1n) is 15.2. The largest absolute Gasteiger partial charge is 0.309 e. The smallest absolute Gasteiger partial charge is 0.171 e. The standard InChI is InChI=1S/C42H30NOP/c44-45(36-17-9-3-10-18-36,37-19-11-4-12-20-37)38-25-23-35(24-26-38)43-41-27-21-33(31-13-5-1-6-14-31)29-39(41)40-30-34(22-28-42(40)43)32-15-7-2-8-16-32/h1-30H.